The van der Waals surface area contributed by atoms with Gasteiger partial charge in [-0.15, -0.1) is 24.8 Å². The van der Waals surface area contributed by atoms with Crippen molar-refractivity contribution in [2.75, 3.05) is 52.9 Å². The molecule has 5 nitrogen and oxygen atoms in total. The van der Waals surface area contributed by atoms with E-state index in [-0.39, 0.29) is 30.7 Å². The van der Waals surface area contributed by atoms with Crippen LogP contribution in [0.15, 0.2) is 24.3 Å². The second-order valence-corrected chi connectivity index (χ2v) is 7.20. The molecule has 2 saturated heterocycles. The van der Waals surface area contributed by atoms with E-state index in [0.717, 1.165) is 57.9 Å². The van der Waals surface area contributed by atoms with E-state index in [4.69, 9.17) is 0 Å². The van der Waals surface area contributed by atoms with E-state index < -0.39 is 0 Å². The molecule has 2 N–H and O–H groups in total. The molecule has 148 valence electrons. The Kier molecular flexibility index (Phi) is 10.5. The van der Waals surface area contributed by atoms with Gasteiger partial charge in [-0.25, -0.2) is 0 Å². The number of hydrogen-bond donors (Lipinski definition) is 2. The SMILES string of the molecule is CN1CCN(Cc2ccc(C(=O)NCC3CCCNC3)cc2)CC1.Cl.Cl. The van der Waals surface area contributed by atoms with Crippen LogP contribution in [-0.4, -0.2) is 68.6 Å². The number of amides is 1. The van der Waals surface area contributed by atoms with Gasteiger partial charge >= 0.3 is 0 Å². The van der Waals surface area contributed by atoms with E-state index in [1.54, 1.807) is 0 Å². The fourth-order valence-corrected chi connectivity index (χ4v) is 3.46. The second kappa shape index (κ2) is 11.8. The minimum absolute atomic E-state index is 0. The number of halogens is 2. The number of carbonyl (C=O) groups is 1. The van der Waals surface area contributed by atoms with Crippen molar-refractivity contribution in [3.8, 4) is 0 Å². The Morgan fingerprint density at radius 1 is 1.15 bits per heavy atom. The Morgan fingerprint density at radius 2 is 1.85 bits per heavy atom. The van der Waals surface area contributed by atoms with Crippen LogP contribution >= 0.6 is 24.8 Å². The largest absolute Gasteiger partial charge is 0.352 e. The summed E-state index contributed by atoms with van der Waals surface area (Å²) in [5.41, 5.74) is 2.05. The maximum Gasteiger partial charge on any atom is 0.251 e. The molecule has 0 spiro atoms. The molecule has 0 aliphatic carbocycles. The summed E-state index contributed by atoms with van der Waals surface area (Å²) in [5.74, 6) is 0.617. The topological polar surface area (TPSA) is 47.6 Å². The lowest BCUT2D eigenvalue weighted by Gasteiger charge is -2.32. The average molecular weight is 403 g/mol. The number of rotatable bonds is 5. The monoisotopic (exact) mass is 402 g/mol. The smallest absolute Gasteiger partial charge is 0.251 e. The first kappa shape index (κ1) is 23.2. The van der Waals surface area contributed by atoms with Crippen molar-refractivity contribution >= 4 is 30.7 Å². The molecule has 3 rings (SSSR count). The van der Waals surface area contributed by atoms with Crippen molar-refractivity contribution in [1.82, 2.24) is 20.4 Å². The lowest BCUT2D eigenvalue weighted by atomic mass is 9.99. The summed E-state index contributed by atoms with van der Waals surface area (Å²) in [6, 6.07) is 8.10. The van der Waals surface area contributed by atoms with Crippen molar-refractivity contribution < 1.29 is 4.79 Å². The van der Waals surface area contributed by atoms with E-state index in [0.29, 0.717) is 5.92 Å². The second-order valence-electron chi connectivity index (χ2n) is 7.20. The third-order valence-electron chi connectivity index (χ3n) is 5.17. The maximum atomic E-state index is 12.3. The highest BCUT2D eigenvalue weighted by molar-refractivity contribution is 5.94. The zero-order valence-corrected chi connectivity index (χ0v) is 17.2. The molecular formula is C19H32Cl2N4O. The van der Waals surface area contributed by atoms with Crippen LogP contribution in [0, 0.1) is 5.92 Å². The van der Waals surface area contributed by atoms with Crippen LogP contribution < -0.4 is 10.6 Å². The molecule has 1 amide bonds. The number of carbonyl (C=O) groups excluding carboxylic acids is 1. The van der Waals surface area contributed by atoms with Crippen LogP contribution in [0.4, 0.5) is 0 Å². The minimum atomic E-state index is 0. The molecule has 0 saturated carbocycles. The van der Waals surface area contributed by atoms with Crippen LogP contribution in [0.2, 0.25) is 0 Å². The van der Waals surface area contributed by atoms with Crippen LogP contribution in [0.3, 0.4) is 0 Å². The minimum Gasteiger partial charge on any atom is -0.352 e. The summed E-state index contributed by atoms with van der Waals surface area (Å²) in [6.45, 7) is 8.39. The van der Waals surface area contributed by atoms with E-state index in [9.17, 15) is 4.79 Å². The molecule has 0 bridgehead atoms. The predicted molar refractivity (Wildman–Crippen MR) is 112 cm³/mol. The number of piperazine rings is 1. The first-order chi connectivity index (χ1) is 11.7. The van der Waals surface area contributed by atoms with Crippen molar-refractivity contribution in [3.05, 3.63) is 35.4 Å². The normalized spacial score (nSPS) is 21.3. The third-order valence-corrected chi connectivity index (χ3v) is 5.17. The molecule has 1 aromatic carbocycles. The standard InChI is InChI=1S/C19H30N4O.2ClH/c1-22-9-11-23(12-10-22)15-16-4-6-18(7-5-16)19(24)21-14-17-3-2-8-20-13-17;;/h4-7,17,20H,2-3,8-15H2,1H3,(H,21,24);2*1H. The lowest BCUT2D eigenvalue weighted by Crippen LogP contribution is -2.43. The Balaban J connectivity index is 0.00000169. The zero-order chi connectivity index (χ0) is 16.8. The van der Waals surface area contributed by atoms with Gasteiger partial charge in [0.05, 0.1) is 0 Å². The molecule has 2 aliphatic rings. The van der Waals surface area contributed by atoms with Crippen molar-refractivity contribution in [2.24, 2.45) is 5.92 Å². The highest BCUT2D eigenvalue weighted by atomic mass is 35.5. The summed E-state index contributed by atoms with van der Waals surface area (Å²) in [4.78, 5) is 17.1. The number of likely N-dealkylation sites (N-methyl/N-ethyl adjacent to an activating group) is 1. The lowest BCUT2D eigenvalue weighted by molar-refractivity contribution is 0.0945. The zero-order valence-electron chi connectivity index (χ0n) is 15.6. The van der Waals surface area contributed by atoms with Gasteiger partial charge in [0.1, 0.15) is 0 Å². The Bertz CT molecular complexity index is 527. The summed E-state index contributed by atoms with van der Waals surface area (Å²) < 4.78 is 0. The summed E-state index contributed by atoms with van der Waals surface area (Å²) in [6.07, 6.45) is 2.42. The van der Waals surface area contributed by atoms with Gasteiger partial charge in [-0.2, -0.15) is 0 Å². The molecule has 0 aromatic heterocycles. The van der Waals surface area contributed by atoms with Gasteiger partial charge in [-0.1, -0.05) is 12.1 Å². The molecule has 7 heteroatoms. The van der Waals surface area contributed by atoms with E-state index in [1.165, 1.54) is 18.4 Å². The predicted octanol–water partition coefficient (Wildman–Crippen LogP) is 2.01. The first-order valence-electron chi connectivity index (χ1n) is 9.19. The molecule has 2 heterocycles. The van der Waals surface area contributed by atoms with Crippen molar-refractivity contribution in [1.29, 1.82) is 0 Å². The van der Waals surface area contributed by atoms with E-state index >= 15 is 0 Å². The van der Waals surface area contributed by atoms with Crippen LogP contribution in [0.5, 0.6) is 0 Å². The number of nitrogens with zero attached hydrogens (tertiary/aromatic N) is 2. The fraction of sp³-hybridized carbons (Fsp3) is 0.632. The maximum absolute atomic E-state index is 12.3. The number of piperidine rings is 1. The van der Waals surface area contributed by atoms with Gasteiger partial charge in [0.2, 0.25) is 0 Å². The molecule has 26 heavy (non-hydrogen) atoms. The molecule has 2 fully saturated rings. The Labute approximate surface area is 169 Å². The Hall–Kier alpha value is -0.850. The molecule has 1 atom stereocenters. The molecular weight excluding hydrogens is 371 g/mol. The highest BCUT2D eigenvalue weighted by Crippen LogP contribution is 2.11. The molecule has 0 radical (unpaired) electrons. The molecule has 2 aliphatic heterocycles. The number of benzene rings is 1. The third kappa shape index (κ3) is 7.05. The number of hydrogen-bond acceptors (Lipinski definition) is 4. The summed E-state index contributed by atoms with van der Waals surface area (Å²) in [7, 11) is 2.17. The fourth-order valence-electron chi connectivity index (χ4n) is 3.46. The van der Waals surface area contributed by atoms with Crippen LogP contribution in [0.1, 0.15) is 28.8 Å². The van der Waals surface area contributed by atoms with Gasteiger partial charge in [0, 0.05) is 44.8 Å². The molecule has 1 aromatic rings. The molecule has 1 unspecified atom stereocenters. The highest BCUT2D eigenvalue weighted by Gasteiger charge is 2.16. The van der Waals surface area contributed by atoms with Crippen molar-refractivity contribution in [3.63, 3.8) is 0 Å². The van der Waals surface area contributed by atoms with E-state index in [2.05, 4.69) is 39.6 Å². The summed E-state index contributed by atoms with van der Waals surface area (Å²) in [5, 5.41) is 6.47. The quantitative estimate of drug-likeness (QED) is 0.790. The average Bonchev–Trinajstić information content (AvgIpc) is 2.63. The van der Waals surface area contributed by atoms with Gasteiger partial charge in [0.25, 0.3) is 5.91 Å². The van der Waals surface area contributed by atoms with Gasteiger partial charge in [0.15, 0.2) is 0 Å². The number of nitrogens with one attached hydrogen (secondary N) is 2. The summed E-state index contributed by atoms with van der Waals surface area (Å²) >= 11 is 0. The van der Waals surface area contributed by atoms with E-state index in [1.807, 2.05) is 12.1 Å². The van der Waals surface area contributed by atoms with Gasteiger partial charge < -0.3 is 15.5 Å². The van der Waals surface area contributed by atoms with Crippen LogP contribution in [0.25, 0.3) is 0 Å². The van der Waals surface area contributed by atoms with Gasteiger partial charge in [-0.3, -0.25) is 9.69 Å². The van der Waals surface area contributed by atoms with Gasteiger partial charge in [-0.05, 0) is 56.6 Å². The first-order valence-corrected chi connectivity index (χ1v) is 9.19. The van der Waals surface area contributed by atoms with Crippen LogP contribution in [-0.2, 0) is 6.54 Å². The Morgan fingerprint density at radius 3 is 2.46 bits per heavy atom. The van der Waals surface area contributed by atoms with Crippen molar-refractivity contribution in [2.45, 2.75) is 19.4 Å².